The number of hydrogen-bond acceptors (Lipinski definition) is 7. The van der Waals surface area contributed by atoms with Gasteiger partial charge in [0.1, 0.15) is 5.75 Å². The summed E-state index contributed by atoms with van der Waals surface area (Å²) in [5.74, 6) is 1.43. The second kappa shape index (κ2) is 10.4. The number of aryl methyl sites for hydroxylation is 1. The SMILES string of the molecule is COc1ccccc1-c1nnc(SCC(=O)N[C@H]2CCS(=O)(=O)C2)n1CCc1ccccc1. The highest BCUT2D eigenvalue weighted by molar-refractivity contribution is 7.99. The van der Waals surface area contributed by atoms with Crippen molar-refractivity contribution in [2.45, 2.75) is 30.6 Å². The van der Waals surface area contributed by atoms with E-state index in [4.69, 9.17) is 4.74 Å². The van der Waals surface area contributed by atoms with Crippen molar-refractivity contribution in [1.82, 2.24) is 20.1 Å². The van der Waals surface area contributed by atoms with Crippen LogP contribution in [0.5, 0.6) is 5.75 Å². The van der Waals surface area contributed by atoms with Crippen molar-refractivity contribution in [3.05, 3.63) is 60.2 Å². The van der Waals surface area contributed by atoms with Gasteiger partial charge in [0, 0.05) is 12.6 Å². The number of carbonyl (C=O) groups excluding carboxylic acids is 1. The van der Waals surface area contributed by atoms with Crippen LogP contribution < -0.4 is 10.1 Å². The van der Waals surface area contributed by atoms with Crippen LogP contribution in [0.15, 0.2) is 59.8 Å². The number of para-hydroxylation sites is 1. The van der Waals surface area contributed by atoms with Gasteiger partial charge in [0.05, 0.1) is 29.9 Å². The van der Waals surface area contributed by atoms with Gasteiger partial charge in [0.25, 0.3) is 0 Å². The Morgan fingerprint density at radius 3 is 2.64 bits per heavy atom. The number of amides is 1. The van der Waals surface area contributed by atoms with Gasteiger partial charge in [-0.3, -0.25) is 4.79 Å². The second-order valence-corrected chi connectivity index (χ2v) is 11.0. The monoisotopic (exact) mass is 486 g/mol. The number of rotatable bonds is 9. The normalized spacial score (nSPS) is 17.1. The quantitative estimate of drug-likeness (QED) is 0.464. The van der Waals surface area contributed by atoms with Gasteiger partial charge in [-0.1, -0.05) is 54.2 Å². The molecule has 1 amide bonds. The van der Waals surface area contributed by atoms with Crippen LogP contribution in [0.1, 0.15) is 12.0 Å². The van der Waals surface area contributed by atoms with E-state index in [9.17, 15) is 13.2 Å². The number of sulfone groups is 1. The van der Waals surface area contributed by atoms with Gasteiger partial charge in [-0.25, -0.2) is 8.42 Å². The number of nitrogens with one attached hydrogen (secondary N) is 1. The molecule has 174 valence electrons. The number of methoxy groups -OCH3 is 1. The number of benzene rings is 2. The number of hydrogen-bond donors (Lipinski definition) is 1. The molecule has 2 aromatic carbocycles. The van der Waals surface area contributed by atoms with Gasteiger partial charge in [-0.05, 0) is 30.5 Å². The maximum atomic E-state index is 12.4. The van der Waals surface area contributed by atoms with Gasteiger partial charge >= 0.3 is 0 Å². The molecule has 1 aromatic heterocycles. The van der Waals surface area contributed by atoms with E-state index in [0.29, 0.717) is 29.7 Å². The summed E-state index contributed by atoms with van der Waals surface area (Å²) < 4.78 is 30.8. The van der Waals surface area contributed by atoms with Crippen molar-refractivity contribution in [2.24, 2.45) is 0 Å². The van der Waals surface area contributed by atoms with Crippen LogP contribution in [0.4, 0.5) is 0 Å². The van der Waals surface area contributed by atoms with Crippen LogP contribution in [-0.4, -0.2) is 59.5 Å². The molecular formula is C23H26N4O4S2. The van der Waals surface area contributed by atoms with Crippen LogP contribution in [0, 0.1) is 0 Å². The number of ether oxygens (including phenoxy) is 1. The van der Waals surface area contributed by atoms with Crippen LogP contribution in [0.3, 0.4) is 0 Å². The van der Waals surface area contributed by atoms with Crippen molar-refractivity contribution in [1.29, 1.82) is 0 Å². The molecule has 0 saturated carbocycles. The van der Waals surface area contributed by atoms with E-state index in [1.54, 1.807) is 7.11 Å². The first-order chi connectivity index (χ1) is 15.9. The van der Waals surface area contributed by atoms with E-state index >= 15 is 0 Å². The topological polar surface area (TPSA) is 103 Å². The molecule has 2 heterocycles. The minimum atomic E-state index is -3.04. The molecule has 1 atom stereocenters. The Balaban J connectivity index is 1.51. The Labute approximate surface area is 197 Å². The first kappa shape index (κ1) is 23.3. The van der Waals surface area contributed by atoms with Gasteiger partial charge in [-0.2, -0.15) is 0 Å². The lowest BCUT2D eigenvalue weighted by Gasteiger charge is -2.13. The summed E-state index contributed by atoms with van der Waals surface area (Å²) in [4.78, 5) is 12.4. The van der Waals surface area contributed by atoms with E-state index in [-0.39, 0.29) is 29.2 Å². The molecule has 4 rings (SSSR count). The minimum absolute atomic E-state index is 0.00855. The first-order valence-electron chi connectivity index (χ1n) is 10.7. The molecule has 3 aromatic rings. The molecule has 33 heavy (non-hydrogen) atoms. The van der Waals surface area contributed by atoms with Crippen LogP contribution >= 0.6 is 11.8 Å². The summed E-state index contributed by atoms with van der Waals surface area (Å²) in [6.07, 6.45) is 1.24. The van der Waals surface area contributed by atoms with Crippen LogP contribution in [0.25, 0.3) is 11.4 Å². The smallest absolute Gasteiger partial charge is 0.230 e. The zero-order valence-corrected chi connectivity index (χ0v) is 19.9. The Bertz CT molecular complexity index is 1210. The lowest BCUT2D eigenvalue weighted by Crippen LogP contribution is -2.36. The van der Waals surface area contributed by atoms with Crippen molar-refractivity contribution in [2.75, 3.05) is 24.4 Å². The lowest BCUT2D eigenvalue weighted by molar-refractivity contribution is -0.119. The number of nitrogens with zero attached hydrogens (tertiary/aromatic N) is 3. The van der Waals surface area contributed by atoms with Crippen molar-refractivity contribution in [3.63, 3.8) is 0 Å². The number of aromatic nitrogens is 3. The minimum Gasteiger partial charge on any atom is -0.496 e. The summed E-state index contributed by atoms with van der Waals surface area (Å²) in [6.45, 7) is 0.634. The van der Waals surface area contributed by atoms with Gasteiger partial charge in [0.15, 0.2) is 20.8 Å². The molecule has 1 aliphatic heterocycles. The Morgan fingerprint density at radius 1 is 1.15 bits per heavy atom. The third-order valence-electron chi connectivity index (χ3n) is 5.46. The van der Waals surface area contributed by atoms with Crippen LogP contribution in [0.2, 0.25) is 0 Å². The van der Waals surface area contributed by atoms with Gasteiger partial charge < -0.3 is 14.6 Å². The second-order valence-electron chi connectivity index (χ2n) is 7.85. The van der Waals surface area contributed by atoms with Crippen molar-refractivity contribution in [3.8, 4) is 17.1 Å². The summed E-state index contributed by atoms with van der Waals surface area (Å²) in [5.41, 5.74) is 2.02. The van der Waals surface area contributed by atoms with Crippen molar-refractivity contribution < 1.29 is 17.9 Å². The maximum absolute atomic E-state index is 12.4. The van der Waals surface area contributed by atoms with Crippen LogP contribution in [-0.2, 0) is 27.6 Å². The molecule has 1 fully saturated rings. The molecule has 0 bridgehead atoms. The molecule has 1 saturated heterocycles. The molecular weight excluding hydrogens is 460 g/mol. The lowest BCUT2D eigenvalue weighted by atomic mass is 10.1. The van der Waals surface area contributed by atoms with Gasteiger partial charge in [-0.15, -0.1) is 10.2 Å². The molecule has 8 nitrogen and oxygen atoms in total. The largest absolute Gasteiger partial charge is 0.496 e. The fourth-order valence-corrected chi connectivity index (χ4v) is 6.27. The van der Waals surface area contributed by atoms with E-state index in [0.717, 1.165) is 12.0 Å². The predicted molar refractivity (Wildman–Crippen MR) is 128 cm³/mol. The predicted octanol–water partition coefficient (Wildman–Crippen LogP) is 2.59. The molecule has 0 radical (unpaired) electrons. The standard InChI is InChI=1S/C23H26N4O4S2/c1-31-20-10-6-5-9-19(20)22-25-26-23(27(22)13-11-17-7-3-2-4-8-17)32-15-21(28)24-18-12-14-33(29,30)16-18/h2-10,18H,11-16H2,1H3,(H,24,28)/t18-/m0/s1. The van der Waals surface area contributed by atoms with E-state index in [2.05, 4.69) is 27.6 Å². The molecule has 1 N–H and O–H groups in total. The summed E-state index contributed by atoms with van der Waals surface area (Å²) >= 11 is 1.29. The molecule has 0 unspecified atom stereocenters. The first-order valence-corrected chi connectivity index (χ1v) is 13.5. The highest BCUT2D eigenvalue weighted by atomic mass is 32.2. The fourth-order valence-electron chi connectivity index (χ4n) is 3.82. The zero-order valence-electron chi connectivity index (χ0n) is 18.3. The average molecular weight is 487 g/mol. The number of thioether (sulfide) groups is 1. The number of carbonyl (C=O) groups is 1. The highest BCUT2D eigenvalue weighted by Gasteiger charge is 2.29. The maximum Gasteiger partial charge on any atom is 0.230 e. The molecule has 1 aliphatic rings. The zero-order chi connectivity index (χ0) is 23.3. The Hall–Kier alpha value is -2.85. The third kappa shape index (κ3) is 5.94. The molecule has 0 spiro atoms. The summed E-state index contributed by atoms with van der Waals surface area (Å²) in [7, 11) is -1.42. The summed E-state index contributed by atoms with van der Waals surface area (Å²) in [5, 5.41) is 12.2. The molecule has 10 heteroatoms. The Kier molecular flexibility index (Phi) is 7.34. The fraction of sp³-hybridized carbons (Fsp3) is 0.348. The molecule has 0 aliphatic carbocycles. The van der Waals surface area contributed by atoms with E-state index in [1.807, 2.05) is 47.0 Å². The highest BCUT2D eigenvalue weighted by Crippen LogP contribution is 2.31. The summed E-state index contributed by atoms with van der Waals surface area (Å²) in [6, 6.07) is 17.5. The Morgan fingerprint density at radius 2 is 1.91 bits per heavy atom. The van der Waals surface area contributed by atoms with Crippen molar-refractivity contribution >= 4 is 27.5 Å². The van der Waals surface area contributed by atoms with Gasteiger partial charge in [0.2, 0.25) is 5.91 Å². The third-order valence-corrected chi connectivity index (χ3v) is 8.20. The van der Waals surface area contributed by atoms with E-state index < -0.39 is 9.84 Å². The average Bonchev–Trinajstić information content (AvgIpc) is 3.38. The van der Waals surface area contributed by atoms with E-state index in [1.165, 1.54) is 17.3 Å².